The molecule has 0 aliphatic heterocycles. The zero-order chi connectivity index (χ0) is 14.7. The highest BCUT2D eigenvalue weighted by atomic mass is 16.2. The van der Waals surface area contributed by atoms with Gasteiger partial charge < -0.3 is 9.88 Å². The maximum Gasteiger partial charge on any atom is 0.270 e. The number of hydrogen-bond acceptors (Lipinski definition) is 7. The first-order chi connectivity index (χ1) is 9.51. The average molecular weight is 276 g/mol. The maximum atomic E-state index is 12.2. The van der Waals surface area contributed by atoms with Crippen LogP contribution in [0.3, 0.4) is 0 Å². The summed E-state index contributed by atoms with van der Waals surface area (Å²) < 4.78 is 1.74. The van der Waals surface area contributed by atoms with Crippen molar-refractivity contribution in [3.05, 3.63) is 29.6 Å². The Bertz CT molecular complexity index is 623. The zero-order valence-electron chi connectivity index (χ0n) is 11.5. The molecule has 1 unspecified atom stereocenters. The standard InChI is InChI=1S/C11H16N8O/c1-6-4-8(16-11(14-6)17-12)10(20)15-7(2)9-18-13-5-19(9)3/h4-5,7H,12H2,1-3H3,(H,15,20)(H,14,16,17). The van der Waals surface area contributed by atoms with Crippen LogP contribution in [0.1, 0.15) is 35.0 Å². The number of nitrogen functional groups attached to an aromatic ring is 1. The van der Waals surface area contributed by atoms with Crippen molar-refractivity contribution in [2.75, 3.05) is 5.43 Å². The Hall–Kier alpha value is -2.55. The van der Waals surface area contributed by atoms with Gasteiger partial charge in [0.2, 0.25) is 5.95 Å². The Labute approximate surface area is 115 Å². The molecule has 0 saturated heterocycles. The molecule has 0 fully saturated rings. The van der Waals surface area contributed by atoms with E-state index in [1.54, 1.807) is 23.9 Å². The highest BCUT2D eigenvalue weighted by Gasteiger charge is 2.17. The van der Waals surface area contributed by atoms with Gasteiger partial charge in [0.15, 0.2) is 5.82 Å². The number of rotatable bonds is 4. The van der Waals surface area contributed by atoms with Crippen LogP contribution in [0.2, 0.25) is 0 Å². The zero-order valence-corrected chi connectivity index (χ0v) is 11.5. The van der Waals surface area contributed by atoms with Gasteiger partial charge in [-0.05, 0) is 19.9 Å². The monoisotopic (exact) mass is 276 g/mol. The quantitative estimate of drug-likeness (QED) is 0.517. The van der Waals surface area contributed by atoms with Gasteiger partial charge in [-0.3, -0.25) is 10.2 Å². The third-order valence-corrected chi connectivity index (χ3v) is 2.70. The van der Waals surface area contributed by atoms with Crippen LogP contribution in [0, 0.1) is 6.92 Å². The van der Waals surface area contributed by atoms with E-state index in [0.717, 1.165) is 0 Å². The molecule has 0 spiro atoms. The SMILES string of the molecule is Cc1cc(C(=O)NC(C)c2nncn2C)nc(NN)n1. The van der Waals surface area contributed by atoms with E-state index >= 15 is 0 Å². The Morgan fingerprint density at radius 3 is 2.80 bits per heavy atom. The van der Waals surface area contributed by atoms with Crippen LogP contribution >= 0.6 is 0 Å². The molecule has 2 heterocycles. The number of anilines is 1. The number of nitrogens with one attached hydrogen (secondary N) is 2. The molecule has 2 rings (SSSR count). The fraction of sp³-hybridized carbons (Fsp3) is 0.364. The lowest BCUT2D eigenvalue weighted by atomic mass is 10.2. The number of nitrogens with two attached hydrogens (primary N) is 1. The van der Waals surface area contributed by atoms with E-state index in [-0.39, 0.29) is 23.6 Å². The summed E-state index contributed by atoms with van der Waals surface area (Å²) >= 11 is 0. The maximum absolute atomic E-state index is 12.2. The molecule has 106 valence electrons. The molecule has 9 nitrogen and oxygen atoms in total. The Balaban J connectivity index is 2.16. The third kappa shape index (κ3) is 2.88. The van der Waals surface area contributed by atoms with Crippen LogP contribution in [-0.4, -0.2) is 30.6 Å². The van der Waals surface area contributed by atoms with Gasteiger partial charge in [-0.25, -0.2) is 15.8 Å². The molecule has 4 N–H and O–H groups in total. The molecule has 0 radical (unpaired) electrons. The van der Waals surface area contributed by atoms with E-state index in [2.05, 4.69) is 30.9 Å². The van der Waals surface area contributed by atoms with Gasteiger partial charge >= 0.3 is 0 Å². The Morgan fingerprint density at radius 2 is 2.20 bits per heavy atom. The van der Waals surface area contributed by atoms with Gasteiger partial charge in [0.1, 0.15) is 12.0 Å². The highest BCUT2D eigenvalue weighted by Crippen LogP contribution is 2.09. The smallest absolute Gasteiger partial charge is 0.270 e. The van der Waals surface area contributed by atoms with Crippen LogP contribution in [0.25, 0.3) is 0 Å². The number of nitrogens with zero attached hydrogens (tertiary/aromatic N) is 5. The van der Waals surface area contributed by atoms with Crippen LogP contribution in [0.5, 0.6) is 0 Å². The van der Waals surface area contributed by atoms with Gasteiger partial charge in [0.25, 0.3) is 5.91 Å². The second-order valence-electron chi connectivity index (χ2n) is 4.36. The van der Waals surface area contributed by atoms with E-state index in [4.69, 9.17) is 5.84 Å². The van der Waals surface area contributed by atoms with Crippen molar-refractivity contribution in [3.8, 4) is 0 Å². The molecular weight excluding hydrogens is 260 g/mol. The molecular formula is C11H16N8O. The molecule has 0 aliphatic rings. The molecule has 9 heteroatoms. The number of aromatic nitrogens is 5. The molecule has 1 atom stereocenters. The van der Waals surface area contributed by atoms with Gasteiger partial charge in [0.05, 0.1) is 6.04 Å². The van der Waals surface area contributed by atoms with Crippen molar-refractivity contribution in [1.29, 1.82) is 0 Å². The average Bonchev–Trinajstić information content (AvgIpc) is 2.84. The summed E-state index contributed by atoms with van der Waals surface area (Å²) in [6, 6.07) is 1.29. The van der Waals surface area contributed by atoms with Crippen molar-refractivity contribution in [3.63, 3.8) is 0 Å². The van der Waals surface area contributed by atoms with Crippen molar-refractivity contribution >= 4 is 11.9 Å². The predicted molar refractivity (Wildman–Crippen MR) is 71.5 cm³/mol. The summed E-state index contributed by atoms with van der Waals surface area (Å²) in [5.74, 6) is 5.78. The number of carbonyl (C=O) groups excluding carboxylic acids is 1. The molecule has 20 heavy (non-hydrogen) atoms. The van der Waals surface area contributed by atoms with Crippen LogP contribution < -0.4 is 16.6 Å². The summed E-state index contributed by atoms with van der Waals surface area (Å²) in [5.41, 5.74) is 3.20. The lowest BCUT2D eigenvalue weighted by Crippen LogP contribution is -2.29. The number of carbonyl (C=O) groups is 1. The summed E-state index contributed by atoms with van der Waals surface area (Å²) in [7, 11) is 1.81. The van der Waals surface area contributed by atoms with Crippen molar-refractivity contribution in [2.45, 2.75) is 19.9 Å². The molecule has 1 amide bonds. The van der Waals surface area contributed by atoms with Gasteiger partial charge in [-0.15, -0.1) is 10.2 Å². The minimum Gasteiger partial charge on any atom is -0.341 e. The number of hydrazine groups is 1. The first kappa shape index (κ1) is 13.9. The summed E-state index contributed by atoms with van der Waals surface area (Å²) in [6.45, 7) is 3.57. The van der Waals surface area contributed by atoms with E-state index in [0.29, 0.717) is 11.5 Å². The molecule has 2 aromatic heterocycles. The van der Waals surface area contributed by atoms with E-state index < -0.39 is 0 Å². The highest BCUT2D eigenvalue weighted by molar-refractivity contribution is 5.92. The first-order valence-electron chi connectivity index (χ1n) is 5.98. The van der Waals surface area contributed by atoms with Gasteiger partial charge in [0, 0.05) is 12.7 Å². The summed E-state index contributed by atoms with van der Waals surface area (Å²) in [4.78, 5) is 20.2. The second-order valence-corrected chi connectivity index (χ2v) is 4.36. The van der Waals surface area contributed by atoms with Crippen molar-refractivity contribution in [1.82, 2.24) is 30.0 Å². The lowest BCUT2D eigenvalue weighted by Gasteiger charge is -2.13. The largest absolute Gasteiger partial charge is 0.341 e. The minimum atomic E-state index is -0.331. The fourth-order valence-corrected chi connectivity index (χ4v) is 1.77. The topological polar surface area (TPSA) is 124 Å². The van der Waals surface area contributed by atoms with Crippen LogP contribution in [0.15, 0.2) is 12.4 Å². The molecule has 0 aromatic carbocycles. The van der Waals surface area contributed by atoms with Crippen molar-refractivity contribution in [2.24, 2.45) is 12.9 Å². The number of aryl methyl sites for hydroxylation is 2. The minimum absolute atomic E-state index is 0.196. The predicted octanol–water partition coefficient (Wildman–Crippen LogP) is -0.310. The Morgan fingerprint density at radius 1 is 1.45 bits per heavy atom. The van der Waals surface area contributed by atoms with E-state index in [9.17, 15) is 4.79 Å². The van der Waals surface area contributed by atoms with Crippen LogP contribution in [-0.2, 0) is 7.05 Å². The molecule has 0 aliphatic carbocycles. The van der Waals surface area contributed by atoms with E-state index in [1.165, 1.54) is 0 Å². The van der Waals surface area contributed by atoms with Gasteiger partial charge in [-0.2, -0.15) is 0 Å². The normalized spacial score (nSPS) is 12.0. The van der Waals surface area contributed by atoms with Crippen molar-refractivity contribution < 1.29 is 4.79 Å². The van der Waals surface area contributed by atoms with Crippen LogP contribution in [0.4, 0.5) is 5.95 Å². The number of hydrogen-bond donors (Lipinski definition) is 3. The third-order valence-electron chi connectivity index (χ3n) is 2.70. The van der Waals surface area contributed by atoms with E-state index in [1.807, 2.05) is 14.0 Å². The van der Waals surface area contributed by atoms with Gasteiger partial charge in [-0.1, -0.05) is 0 Å². The number of amides is 1. The fourth-order valence-electron chi connectivity index (χ4n) is 1.77. The molecule has 2 aromatic rings. The second kappa shape index (κ2) is 5.61. The summed E-state index contributed by atoms with van der Waals surface area (Å²) in [5, 5.41) is 10.5. The first-order valence-corrected chi connectivity index (χ1v) is 5.98. The molecule has 0 bridgehead atoms. The Kier molecular flexibility index (Phi) is 3.89. The summed E-state index contributed by atoms with van der Waals surface area (Å²) in [6.07, 6.45) is 1.57. The molecule has 0 saturated carbocycles. The lowest BCUT2D eigenvalue weighted by molar-refractivity contribution is 0.0932.